The number of hydrogen-bond donors (Lipinski definition) is 1. The van der Waals surface area contributed by atoms with E-state index in [0.717, 1.165) is 12.8 Å². The molecule has 0 aromatic heterocycles. The first kappa shape index (κ1) is 14.9. The lowest BCUT2D eigenvalue weighted by atomic mass is 10.2. The maximum Gasteiger partial charge on any atom is 0.253 e. The van der Waals surface area contributed by atoms with Crippen LogP contribution in [-0.2, 0) is 9.53 Å². The highest BCUT2D eigenvalue weighted by Crippen LogP contribution is 2.33. The van der Waals surface area contributed by atoms with Crippen molar-refractivity contribution in [3.8, 4) is 11.5 Å². The fraction of sp³-hybridized carbons (Fsp3) is 0.235. The molecule has 1 unspecified atom stereocenters. The van der Waals surface area contributed by atoms with Crippen molar-refractivity contribution in [1.29, 1.82) is 0 Å². The predicted molar refractivity (Wildman–Crippen MR) is 85.6 cm³/mol. The van der Waals surface area contributed by atoms with Crippen LogP contribution in [0.15, 0.2) is 48.5 Å². The Labute approximate surface area is 134 Å². The van der Waals surface area contributed by atoms with Gasteiger partial charge in [0, 0.05) is 6.61 Å². The van der Waals surface area contributed by atoms with Crippen LogP contribution in [0.5, 0.6) is 11.5 Å². The van der Waals surface area contributed by atoms with E-state index in [-0.39, 0.29) is 12.0 Å². The van der Waals surface area contributed by atoms with Crippen LogP contribution in [0, 0.1) is 0 Å². The molecule has 1 N–H and O–H groups in total. The lowest BCUT2D eigenvalue weighted by Gasteiger charge is -2.15. The van der Waals surface area contributed by atoms with E-state index in [9.17, 15) is 4.79 Å². The SMILES string of the molecule is O=C(Nc1ccccc1Oc1ccccc1Cl)C1CCCO1. The highest BCUT2D eigenvalue weighted by molar-refractivity contribution is 6.32. The number of benzene rings is 2. The molecule has 0 saturated carbocycles. The number of nitrogens with one attached hydrogen (secondary N) is 1. The lowest BCUT2D eigenvalue weighted by molar-refractivity contribution is -0.124. The molecule has 0 radical (unpaired) electrons. The zero-order valence-corrected chi connectivity index (χ0v) is 12.7. The summed E-state index contributed by atoms with van der Waals surface area (Å²) in [7, 11) is 0. The second-order valence-electron chi connectivity index (χ2n) is 5.02. The maximum atomic E-state index is 12.2. The van der Waals surface area contributed by atoms with E-state index in [1.165, 1.54) is 0 Å². The van der Waals surface area contributed by atoms with Gasteiger partial charge in [0.2, 0.25) is 0 Å². The summed E-state index contributed by atoms with van der Waals surface area (Å²) in [4.78, 5) is 12.2. The van der Waals surface area contributed by atoms with Gasteiger partial charge in [0.25, 0.3) is 5.91 Å². The normalized spacial score (nSPS) is 17.2. The molecule has 0 aliphatic carbocycles. The number of para-hydroxylation sites is 3. The van der Waals surface area contributed by atoms with E-state index >= 15 is 0 Å². The molecule has 114 valence electrons. The van der Waals surface area contributed by atoms with Gasteiger partial charge >= 0.3 is 0 Å². The summed E-state index contributed by atoms with van der Waals surface area (Å²) in [5, 5.41) is 3.38. The first-order valence-electron chi connectivity index (χ1n) is 7.18. The Morgan fingerprint density at radius 3 is 2.59 bits per heavy atom. The molecular weight excluding hydrogens is 302 g/mol. The number of ether oxygens (including phenoxy) is 2. The molecule has 0 bridgehead atoms. The van der Waals surface area contributed by atoms with Crippen molar-refractivity contribution in [2.24, 2.45) is 0 Å². The van der Waals surface area contributed by atoms with Gasteiger partial charge < -0.3 is 14.8 Å². The highest BCUT2D eigenvalue weighted by Gasteiger charge is 2.24. The van der Waals surface area contributed by atoms with Gasteiger partial charge in [0.1, 0.15) is 11.9 Å². The van der Waals surface area contributed by atoms with Gasteiger partial charge in [-0.05, 0) is 37.1 Å². The topological polar surface area (TPSA) is 47.6 Å². The van der Waals surface area contributed by atoms with Crippen LogP contribution in [0.25, 0.3) is 0 Å². The minimum atomic E-state index is -0.381. The molecule has 5 heteroatoms. The Morgan fingerprint density at radius 1 is 1.14 bits per heavy atom. The van der Waals surface area contributed by atoms with Crippen molar-refractivity contribution in [3.05, 3.63) is 53.6 Å². The Kier molecular flexibility index (Phi) is 4.61. The van der Waals surface area contributed by atoms with Crippen molar-refractivity contribution in [2.75, 3.05) is 11.9 Å². The maximum absolute atomic E-state index is 12.2. The molecule has 2 aromatic rings. The summed E-state index contributed by atoms with van der Waals surface area (Å²) in [6.07, 6.45) is 1.28. The Balaban J connectivity index is 1.78. The minimum absolute atomic E-state index is 0.146. The molecule has 1 aliphatic heterocycles. The average molecular weight is 318 g/mol. The summed E-state index contributed by atoms with van der Waals surface area (Å²) in [5.41, 5.74) is 0.600. The third-order valence-electron chi connectivity index (χ3n) is 3.42. The van der Waals surface area contributed by atoms with Gasteiger partial charge in [-0.15, -0.1) is 0 Å². The van der Waals surface area contributed by atoms with E-state index in [0.29, 0.717) is 28.8 Å². The fourth-order valence-corrected chi connectivity index (χ4v) is 2.48. The van der Waals surface area contributed by atoms with Gasteiger partial charge in [-0.25, -0.2) is 0 Å². The zero-order chi connectivity index (χ0) is 15.4. The largest absolute Gasteiger partial charge is 0.454 e. The van der Waals surface area contributed by atoms with Crippen molar-refractivity contribution >= 4 is 23.2 Å². The number of carbonyl (C=O) groups excluding carboxylic acids is 1. The van der Waals surface area contributed by atoms with E-state index in [2.05, 4.69) is 5.32 Å². The molecule has 22 heavy (non-hydrogen) atoms. The summed E-state index contributed by atoms with van der Waals surface area (Å²) in [6.45, 7) is 0.635. The monoisotopic (exact) mass is 317 g/mol. The highest BCUT2D eigenvalue weighted by atomic mass is 35.5. The molecule has 1 aliphatic rings. The van der Waals surface area contributed by atoms with Gasteiger partial charge in [0.05, 0.1) is 10.7 Å². The average Bonchev–Trinajstić information content (AvgIpc) is 3.06. The van der Waals surface area contributed by atoms with Crippen LogP contribution in [-0.4, -0.2) is 18.6 Å². The molecule has 1 saturated heterocycles. The number of rotatable bonds is 4. The van der Waals surface area contributed by atoms with Crippen LogP contribution in [0.4, 0.5) is 5.69 Å². The first-order valence-corrected chi connectivity index (χ1v) is 7.56. The zero-order valence-electron chi connectivity index (χ0n) is 11.9. The fourth-order valence-electron chi connectivity index (χ4n) is 2.30. The van der Waals surface area contributed by atoms with Crippen molar-refractivity contribution in [2.45, 2.75) is 18.9 Å². The number of halogens is 1. The van der Waals surface area contributed by atoms with Crippen molar-refractivity contribution < 1.29 is 14.3 Å². The van der Waals surface area contributed by atoms with Gasteiger partial charge in [-0.2, -0.15) is 0 Å². The molecule has 1 atom stereocenters. The Hall–Kier alpha value is -2.04. The first-order chi connectivity index (χ1) is 10.7. The molecule has 0 spiro atoms. The van der Waals surface area contributed by atoms with Gasteiger partial charge in [-0.1, -0.05) is 35.9 Å². The predicted octanol–water partition coefficient (Wildman–Crippen LogP) is 4.25. The summed E-state index contributed by atoms with van der Waals surface area (Å²) < 4.78 is 11.2. The second-order valence-corrected chi connectivity index (χ2v) is 5.43. The number of anilines is 1. The molecular formula is C17H16ClNO3. The molecule has 1 fully saturated rings. The number of hydrogen-bond acceptors (Lipinski definition) is 3. The van der Waals surface area contributed by atoms with E-state index in [1.807, 2.05) is 24.3 Å². The van der Waals surface area contributed by atoms with E-state index < -0.39 is 0 Å². The van der Waals surface area contributed by atoms with Crippen LogP contribution in [0.3, 0.4) is 0 Å². The van der Waals surface area contributed by atoms with Crippen LogP contribution >= 0.6 is 11.6 Å². The van der Waals surface area contributed by atoms with Crippen LogP contribution in [0.2, 0.25) is 5.02 Å². The third-order valence-corrected chi connectivity index (χ3v) is 3.74. The molecule has 4 nitrogen and oxygen atoms in total. The number of amides is 1. The summed E-state index contributed by atoms with van der Waals surface area (Å²) >= 11 is 6.10. The Morgan fingerprint density at radius 2 is 1.86 bits per heavy atom. The van der Waals surface area contributed by atoms with Crippen molar-refractivity contribution in [3.63, 3.8) is 0 Å². The van der Waals surface area contributed by atoms with E-state index in [4.69, 9.17) is 21.1 Å². The number of carbonyl (C=O) groups is 1. The summed E-state index contributed by atoms with van der Waals surface area (Å²) in [5.74, 6) is 0.942. The molecule has 1 amide bonds. The molecule has 2 aromatic carbocycles. The van der Waals surface area contributed by atoms with Crippen LogP contribution < -0.4 is 10.1 Å². The second kappa shape index (κ2) is 6.81. The van der Waals surface area contributed by atoms with Gasteiger partial charge in [-0.3, -0.25) is 4.79 Å². The van der Waals surface area contributed by atoms with E-state index in [1.54, 1.807) is 24.3 Å². The van der Waals surface area contributed by atoms with Crippen LogP contribution in [0.1, 0.15) is 12.8 Å². The molecule has 1 heterocycles. The summed E-state index contributed by atoms with van der Waals surface area (Å²) in [6, 6.07) is 14.5. The van der Waals surface area contributed by atoms with Gasteiger partial charge in [0.15, 0.2) is 5.75 Å². The Bertz CT molecular complexity index is 668. The standard InChI is InChI=1S/C17H16ClNO3/c18-12-6-1-3-8-14(12)22-15-9-4-2-7-13(15)19-17(20)16-10-5-11-21-16/h1-4,6-9,16H,5,10-11H2,(H,19,20). The smallest absolute Gasteiger partial charge is 0.253 e. The third kappa shape index (κ3) is 3.40. The quantitative estimate of drug-likeness (QED) is 0.917. The minimum Gasteiger partial charge on any atom is -0.454 e. The molecule has 3 rings (SSSR count). The lowest BCUT2D eigenvalue weighted by Crippen LogP contribution is -2.26. The van der Waals surface area contributed by atoms with Crippen molar-refractivity contribution in [1.82, 2.24) is 0 Å².